The molecule has 0 amide bonds. The number of hydrogen-bond donors (Lipinski definition) is 2. The van der Waals surface area contributed by atoms with E-state index in [1.54, 1.807) is 6.07 Å². The Hall–Kier alpha value is -1.42. The van der Waals surface area contributed by atoms with Crippen LogP contribution in [-0.2, 0) is 5.54 Å². The highest BCUT2D eigenvalue weighted by atomic mass is 16.6. The zero-order valence-corrected chi connectivity index (χ0v) is 10.4. The number of ether oxygens (including phenoxy) is 2. The van der Waals surface area contributed by atoms with Crippen LogP contribution in [0.25, 0.3) is 0 Å². The van der Waals surface area contributed by atoms with E-state index >= 15 is 0 Å². The second-order valence-corrected chi connectivity index (χ2v) is 5.23. The lowest BCUT2D eigenvalue weighted by Crippen LogP contribution is -2.38. The second kappa shape index (κ2) is 4.35. The number of fused-ring (bicyclic) bond motifs is 1. The molecule has 3 rings (SSSR count). The Kier molecular flexibility index (Phi) is 2.82. The molecule has 1 aliphatic carbocycles. The summed E-state index contributed by atoms with van der Waals surface area (Å²) in [5, 5.41) is 10.2. The average Bonchev–Trinajstić information content (AvgIpc) is 2.38. The smallest absolute Gasteiger partial charge is 0.165 e. The molecule has 0 spiro atoms. The lowest BCUT2D eigenvalue weighted by molar-refractivity contribution is 0.169. The highest BCUT2D eigenvalue weighted by Crippen LogP contribution is 2.44. The average molecular weight is 249 g/mol. The van der Waals surface area contributed by atoms with Crippen LogP contribution in [0.1, 0.15) is 37.7 Å². The van der Waals surface area contributed by atoms with Gasteiger partial charge in [0.15, 0.2) is 11.5 Å². The minimum atomic E-state index is -0.418. The van der Waals surface area contributed by atoms with E-state index in [0.717, 1.165) is 31.2 Å². The summed E-state index contributed by atoms with van der Waals surface area (Å²) in [6.45, 7) is 1.08. The van der Waals surface area contributed by atoms with E-state index < -0.39 is 5.54 Å². The Morgan fingerprint density at radius 2 is 1.61 bits per heavy atom. The van der Waals surface area contributed by atoms with E-state index in [0.29, 0.717) is 24.7 Å². The van der Waals surface area contributed by atoms with Crippen molar-refractivity contribution in [1.29, 1.82) is 0 Å². The molecule has 1 fully saturated rings. The van der Waals surface area contributed by atoms with Crippen molar-refractivity contribution < 1.29 is 14.6 Å². The largest absolute Gasteiger partial charge is 0.507 e. The molecule has 0 saturated heterocycles. The maximum Gasteiger partial charge on any atom is 0.165 e. The summed E-state index contributed by atoms with van der Waals surface area (Å²) in [5.74, 6) is 1.54. The van der Waals surface area contributed by atoms with Crippen molar-refractivity contribution in [2.75, 3.05) is 13.2 Å². The van der Waals surface area contributed by atoms with Crippen molar-refractivity contribution in [3.63, 3.8) is 0 Å². The Morgan fingerprint density at radius 1 is 1.00 bits per heavy atom. The van der Waals surface area contributed by atoms with Crippen molar-refractivity contribution in [1.82, 2.24) is 0 Å². The van der Waals surface area contributed by atoms with E-state index in [-0.39, 0.29) is 5.75 Å². The number of rotatable bonds is 1. The maximum atomic E-state index is 10.2. The van der Waals surface area contributed by atoms with Crippen LogP contribution in [0.5, 0.6) is 17.2 Å². The predicted octanol–water partition coefficient (Wildman–Crippen LogP) is 2.28. The molecule has 18 heavy (non-hydrogen) atoms. The summed E-state index contributed by atoms with van der Waals surface area (Å²) >= 11 is 0. The van der Waals surface area contributed by atoms with Gasteiger partial charge in [-0.3, -0.25) is 0 Å². The molecule has 2 aliphatic rings. The standard InChI is InChI=1S/C14H19NO3/c15-14(4-2-1-3-5-14)10-8-12-13(9-11(10)16)18-7-6-17-12/h8-9,16H,1-7,15H2. The van der Waals surface area contributed by atoms with Crippen LogP contribution in [-0.4, -0.2) is 18.3 Å². The number of phenolic OH excluding ortho intramolecular Hbond substituents is 1. The molecule has 1 heterocycles. The molecule has 98 valence electrons. The van der Waals surface area contributed by atoms with Gasteiger partial charge in [0, 0.05) is 17.2 Å². The Morgan fingerprint density at radius 3 is 2.28 bits per heavy atom. The molecule has 0 unspecified atom stereocenters. The third-order valence-corrected chi connectivity index (χ3v) is 3.94. The summed E-state index contributed by atoms with van der Waals surface area (Å²) in [7, 11) is 0. The molecular weight excluding hydrogens is 230 g/mol. The van der Waals surface area contributed by atoms with Gasteiger partial charge in [-0.05, 0) is 18.9 Å². The Labute approximate surface area is 107 Å². The van der Waals surface area contributed by atoms with Crippen molar-refractivity contribution in [3.05, 3.63) is 17.7 Å². The normalized spacial score (nSPS) is 21.6. The fourth-order valence-electron chi connectivity index (χ4n) is 2.93. The molecule has 0 radical (unpaired) electrons. The molecular formula is C14H19NO3. The molecule has 0 bridgehead atoms. The lowest BCUT2D eigenvalue weighted by Gasteiger charge is -2.35. The van der Waals surface area contributed by atoms with Crippen LogP contribution in [0.2, 0.25) is 0 Å². The van der Waals surface area contributed by atoms with Crippen LogP contribution in [0.3, 0.4) is 0 Å². The van der Waals surface area contributed by atoms with E-state index in [1.807, 2.05) is 6.07 Å². The van der Waals surface area contributed by atoms with E-state index in [4.69, 9.17) is 15.2 Å². The number of hydrogen-bond acceptors (Lipinski definition) is 4. The fourth-order valence-corrected chi connectivity index (χ4v) is 2.93. The summed E-state index contributed by atoms with van der Waals surface area (Å²) in [6, 6.07) is 3.49. The number of benzene rings is 1. The second-order valence-electron chi connectivity index (χ2n) is 5.23. The third kappa shape index (κ3) is 1.90. The van der Waals surface area contributed by atoms with Gasteiger partial charge in [-0.25, -0.2) is 0 Å². The maximum absolute atomic E-state index is 10.2. The minimum absolute atomic E-state index is 0.226. The van der Waals surface area contributed by atoms with Crippen LogP contribution < -0.4 is 15.2 Å². The van der Waals surface area contributed by atoms with Crippen LogP contribution in [0.15, 0.2) is 12.1 Å². The fraction of sp³-hybridized carbons (Fsp3) is 0.571. The van der Waals surface area contributed by atoms with Crippen LogP contribution in [0.4, 0.5) is 0 Å². The van der Waals surface area contributed by atoms with Gasteiger partial charge in [-0.15, -0.1) is 0 Å². The van der Waals surface area contributed by atoms with Crippen molar-refractivity contribution in [2.24, 2.45) is 5.73 Å². The van der Waals surface area contributed by atoms with Crippen molar-refractivity contribution >= 4 is 0 Å². The van der Waals surface area contributed by atoms with Gasteiger partial charge in [0.1, 0.15) is 19.0 Å². The summed E-state index contributed by atoms with van der Waals surface area (Å²) < 4.78 is 11.0. The molecule has 4 heteroatoms. The molecule has 4 nitrogen and oxygen atoms in total. The molecule has 1 aromatic carbocycles. The monoisotopic (exact) mass is 249 g/mol. The van der Waals surface area contributed by atoms with Gasteiger partial charge < -0.3 is 20.3 Å². The first-order chi connectivity index (χ1) is 8.69. The highest BCUT2D eigenvalue weighted by molar-refractivity contribution is 5.53. The topological polar surface area (TPSA) is 64.7 Å². The first kappa shape index (κ1) is 11.7. The van der Waals surface area contributed by atoms with Gasteiger partial charge in [0.2, 0.25) is 0 Å². The van der Waals surface area contributed by atoms with E-state index in [2.05, 4.69) is 0 Å². The van der Waals surface area contributed by atoms with Gasteiger partial charge in [-0.2, -0.15) is 0 Å². The van der Waals surface area contributed by atoms with Gasteiger partial charge in [0.05, 0.1) is 0 Å². The SMILES string of the molecule is NC1(c2cc3c(cc2O)OCCO3)CCCCC1. The van der Waals surface area contributed by atoms with Crippen LogP contribution >= 0.6 is 0 Å². The molecule has 0 aromatic heterocycles. The molecule has 1 aromatic rings. The minimum Gasteiger partial charge on any atom is -0.507 e. The molecule has 1 aliphatic heterocycles. The Bertz CT molecular complexity index is 453. The van der Waals surface area contributed by atoms with E-state index in [1.165, 1.54) is 6.42 Å². The number of aromatic hydroxyl groups is 1. The van der Waals surface area contributed by atoms with Gasteiger partial charge in [0.25, 0.3) is 0 Å². The number of phenols is 1. The molecule has 3 N–H and O–H groups in total. The quantitative estimate of drug-likeness (QED) is 0.801. The van der Waals surface area contributed by atoms with Gasteiger partial charge in [-0.1, -0.05) is 19.3 Å². The third-order valence-electron chi connectivity index (χ3n) is 3.94. The Balaban J connectivity index is 2.00. The summed E-state index contributed by atoms with van der Waals surface area (Å²) in [6.07, 6.45) is 5.29. The van der Waals surface area contributed by atoms with Crippen molar-refractivity contribution in [3.8, 4) is 17.2 Å². The first-order valence-electron chi connectivity index (χ1n) is 6.61. The van der Waals surface area contributed by atoms with E-state index in [9.17, 15) is 5.11 Å². The first-order valence-corrected chi connectivity index (χ1v) is 6.61. The van der Waals surface area contributed by atoms with Crippen molar-refractivity contribution in [2.45, 2.75) is 37.6 Å². The molecule has 0 atom stereocenters. The zero-order valence-electron chi connectivity index (χ0n) is 10.4. The van der Waals surface area contributed by atoms with Crippen LogP contribution in [0, 0.1) is 0 Å². The molecule has 1 saturated carbocycles. The zero-order chi connectivity index (χ0) is 12.6. The highest BCUT2D eigenvalue weighted by Gasteiger charge is 2.33. The summed E-state index contributed by atoms with van der Waals surface area (Å²) in [5.41, 5.74) is 6.84. The predicted molar refractivity (Wildman–Crippen MR) is 68.0 cm³/mol. The summed E-state index contributed by atoms with van der Waals surface area (Å²) in [4.78, 5) is 0. The van der Waals surface area contributed by atoms with Gasteiger partial charge >= 0.3 is 0 Å². The number of nitrogens with two attached hydrogens (primary N) is 1. The lowest BCUT2D eigenvalue weighted by atomic mass is 9.77.